The zero-order valence-corrected chi connectivity index (χ0v) is 11.4. The van der Waals surface area contributed by atoms with Crippen molar-refractivity contribution in [2.75, 3.05) is 14.2 Å². The normalized spacial score (nSPS) is 12.9. The van der Waals surface area contributed by atoms with Crippen LogP contribution in [0.2, 0.25) is 0 Å². The second kappa shape index (κ2) is 7.09. The van der Waals surface area contributed by atoms with Crippen molar-refractivity contribution < 1.29 is 18.3 Å². The Hall–Kier alpha value is -2.62. The van der Waals surface area contributed by atoms with E-state index < -0.39 is 0 Å². The summed E-state index contributed by atoms with van der Waals surface area (Å²) in [6.45, 7) is 0. The molecular weight excluding hydrogens is 256 g/mol. The standard InChI is InChI=1S/C16H16O4/c1-17-15(9-7-13-5-3-11-19-13)16(18-2)10-8-14-6-4-12-20-14/h3-12H,1-2H3/b9-7+,10-8+,16-15+. The Morgan fingerprint density at radius 2 is 1.30 bits per heavy atom. The Bertz CT molecular complexity index is 532. The van der Waals surface area contributed by atoms with E-state index in [4.69, 9.17) is 18.3 Å². The minimum Gasteiger partial charge on any atom is -0.493 e. The number of rotatable bonds is 6. The highest BCUT2D eigenvalue weighted by Gasteiger charge is 2.02. The highest BCUT2D eigenvalue weighted by atomic mass is 16.5. The second-order valence-corrected chi connectivity index (χ2v) is 3.83. The van der Waals surface area contributed by atoms with Crippen LogP contribution in [0, 0.1) is 0 Å². The highest BCUT2D eigenvalue weighted by Crippen LogP contribution is 2.14. The van der Waals surface area contributed by atoms with Crippen LogP contribution < -0.4 is 0 Å². The summed E-state index contributed by atoms with van der Waals surface area (Å²) in [7, 11) is 3.17. The van der Waals surface area contributed by atoms with Gasteiger partial charge in [0.1, 0.15) is 11.5 Å². The lowest BCUT2D eigenvalue weighted by atomic mass is 10.3. The molecule has 0 spiro atoms. The van der Waals surface area contributed by atoms with Crippen molar-refractivity contribution in [2.24, 2.45) is 0 Å². The molecule has 0 fully saturated rings. The van der Waals surface area contributed by atoms with Gasteiger partial charge in [0, 0.05) is 0 Å². The van der Waals surface area contributed by atoms with Gasteiger partial charge in [0.2, 0.25) is 0 Å². The molecule has 4 nitrogen and oxygen atoms in total. The predicted octanol–water partition coefficient (Wildman–Crippen LogP) is 4.10. The van der Waals surface area contributed by atoms with Crippen LogP contribution in [0.4, 0.5) is 0 Å². The summed E-state index contributed by atoms with van der Waals surface area (Å²) in [5.41, 5.74) is 0. The molecule has 4 heteroatoms. The van der Waals surface area contributed by atoms with Gasteiger partial charge in [-0.1, -0.05) is 0 Å². The van der Waals surface area contributed by atoms with E-state index in [0.717, 1.165) is 11.5 Å². The molecule has 2 rings (SSSR count). The summed E-state index contributed by atoms with van der Waals surface area (Å²) in [6.07, 6.45) is 10.4. The van der Waals surface area contributed by atoms with Crippen molar-refractivity contribution in [1.82, 2.24) is 0 Å². The summed E-state index contributed by atoms with van der Waals surface area (Å²) < 4.78 is 21.1. The van der Waals surface area contributed by atoms with E-state index in [9.17, 15) is 0 Å². The van der Waals surface area contributed by atoms with Crippen molar-refractivity contribution in [3.8, 4) is 0 Å². The number of ether oxygens (including phenoxy) is 2. The molecule has 0 N–H and O–H groups in total. The first-order chi connectivity index (χ1) is 9.83. The highest BCUT2D eigenvalue weighted by molar-refractivity contribution is 5.51. The molecule has 20 heavy (non-hydrogen) atoms. The van der Waals surface area contributed by atoms with E-state index in [2.05, 4.69) is 0 Å². The van der Waals surface area contributed by atoms with E-state index in [0.29, 0.717) is 11.5 Å². The molecule has 0 aliphatic rings. The molecule has 0 amide bonds. The van der Waals surface area contributed by atoms with Gasteiger partial charge in [-0.15, -0.1) is 0 Å². The van der Waals surface area contributed by atoms with Crippen molar-refractivity contribution in [1.29, 1.82) is 0 Å². The molecule has 0 saturated heterocycles. The fourth-order valence-corrected chi connectivity index (χ4v) is 1.59. The molecule has 0 aliphatic carbocycles. The molecule has 0 unspecified atom stereocenters. The maximum absolute atomic E-state index is 5.32. The third-order valence-electron chi connectivity index (χ3n) is 2.57. The van der Waals surface area contributed by atoms with E-state index in [-0.39, 0.29) is 0 Å². The Morgan fingerprint density at radius 3 is 1.60 bits per heavy atom. The summed E-state index contributed by atoms with van der Waals surface area (Å²) in [5, 5.41) is 0. The first-order valence-electron chi connectivity index (χ1n) is 6.09. The van der Waals surface area contributed by atoms with Crippen molar-refractivity contribution in [3.05, 3.63) is 72.0 Å². The first-order valence-corrected chi connectivity index (χ1v) is 6.09. The monoisotopic (exact) mass is 272 g/mol. The van der Waals surface area contributed by atoms with Gasteiger partial charge in [0.15, 0.2) is 11.5 Å². The zero-order valence-electron chi connectivity index (χ0n) is 11.4. The van der Waals surface area contributed by atoms with Gasteiger partial charge in [-0.3, -0.25) is 0 Å². The summed E-state index contributed by atoms with van der Waals surface area (Å²) in [4.78, 5) is 0. The van der Waals surface area contributed by atoms with Crippen LogP contribution in [0.1, 0.15) is 11.5 Å². The van der Waals surface area contributed by atoms with Crippen LogP contribution in [0.5, 0.6) is 0 Å². The molecule has 0 atom stereocenters. The molecule has 0 bridgehead atoms. The van der Waals surface area contributed by atoms with Crippen LogP contribution in [-0.4, -0.2) is 14.2 Å². The van der Waals surface area contributed by atoms with Crippen LogP contribution >= 0.6 is 0 Å². The zero-order chi connectivity index (χ0) is 14.2. The second-order valence-electron chi connectivity index (χ2n) is 3.83. The average molecular weight is 272 g/mol. The minimum atomic E-state index is 0.590. The molecule has 0 aromatic carbocycles. The summed E-state index contributed by atoms with van der Waals surface area (Å²) in [5.74, 6) is 2.66. The lowest BCUT2D eigenvalue weighted by molar-refractivity contribution is 0.242. The Morgan fingerprint density at radius 1 is 0.850 bits per heavy atom. The third-order valence-corrected chi connectivity index (χ3v) is 2.57. The SMILES string of the molecule is COC(/C=C/c1ccco1)=C(\C=C\c1ccco1)OC. The molecule has 104 valence electrons. The molecule has 0 aliphatic heterocycles. The largest absolute Gasteiger partial charge is 0.493 e. The van der Waals surface area contributed by atoms with Crippen molar-refractivity contribution in [3.63, 3.8) is 0 Å². The van der Waals surface area contributed by atoms with Gasteiger partial charge >= 0.3 is 0 Å². The van der Waals surface area contributed by atoms with E-state index in [1.54, 1.807) is 51.1 Å². The quantitative estimate of drug-likeness (QED) is 0.586. The van der Waals surface area contributed by atoms with E-state index in [1.807, 2.05) is 24.3 Å². The topological polar surface area (TPSA) is 44.7 Å². The van der Waals surface area contributed by atoms with Crippen LogP contribution in [0.3, 0.4) is 0 Å². The lowest BCUT2D eigenvalue weighted by Gasteiger charge is -2.06. The summed E-state index contributed by atoms with van der Waals surface area (Å²) in [6, 6.07) is 7.36. The number of hydrogen-bond acceptors (Lipinski definition) is 4. The van der Waals surface area contributed by atoms with Gasteiger partial charge < -0.3 is 18.3 Å². The van der Waals surface area contributed by atoms with Gasteiger partial charge in [-0.05, 0) is 48.6 Å². The van der Waals surface area contributed by atoms with Crippen LogP contribution in [0.25, 0.3) is 12.2 Å². The Balaban J connectivity index is 2.19. The molecule has 2 heterocycles. The number of furan rings is 2. The molecule has 0 saturated carbocycles. The summed E-state index contributed by atoms with van der Waals surface area (Å²) >= 11 is 0. The Kier molecular flexibility index (Phi) is 4.89. The van der Waals surface area contributed by atoms with Crippen LogP contribution in [0.15, 0.2) is 69.3 Å². The Labute approximate surface area is 117 Å². The first kappa shape index (κ1) is 13.8. The molecule has 0 radical (unpaired) electrons. The van der Waals surface area contributed by atoms with Gasteiger partial charge in [0.25, 0.3) is 0 Å². The number of allylic oxidation sites excluding steroid dienone is 2. The predicted molar refractivity (Wildman–Crippen MR) is 76.5 cm³/mol. The lowest BCUT2D eigenvalue weighted by Crippen LogP contribution is -1.92. The molecule has 2 aromatic heterocycles. The fourth-order valence-electron chi connectivity index (χ4n) is 1.59. The van der Waals surface area contributed by atoms with Gasteiger partial charge in [-0.25, -0.2) is 0 Å². The smallest absolute Gasteiger partial charge is 0.160 e. The number of hydrogen-bond donors (Lipinski definition) is 0. The molecular formula is C16H16O4. The van der Waals surface area contributed by atoms with Gasteiger partial charge in [-0.2, -0.15) is 0 Å². The van der Waals surface area contributed by atoms with Gasteiger partial charge in [0.05, 0.1) is 26.7 Å². The maximum Gasteiger partial charge on any atom is 0.160 e. The van der Waals surface area contributed by atoms with Crippen molar-refractivity contribution >= 4 is 12.2 Å². The van der Waals surface area contributed by atoms with E-state index >= 15 is 0 Å². The maximum atomic E-state index is 5.32. The minimum absolute atomic E-state index is 0.590. The molecule has 2 aromatic rings. The van der Waals surface area contributed by atoms with Crippen LogP contribution in [-0.2, 0) is 9.47 Å². The van der Waals surface area contributed by atoms with E-state index in [1.165, 1.54) is 0 Å². The third kappa shape index (κ3) is 3.68. The average Bonchev–Trinajstić information content (AvgIpc) is 3.15. The van der Waals surface area contributed by atoms with Crippen molar-refractivity contribution in [2.45, 2.75) is 0 Å². The fraction of sp³-hybridized carbons (Fsp3) is 0.125. The number of methoxy groups -OCH3 is 2.